The molecule has 0 N–H and O–H groups in total. The molecule has 0 saturated heterocycles. The second kappa shape index (κ2) is 2.43. The van der Waals surface area contributed by atoms with Crippen molar-refractivity contribution in [3.8, 4) is 0 Å². The van der Waals surface area contributed by atoms with Crippen molar-refractivity contribution in [2.75, 3.05) is 0 Å². The average molecular weight is 170 g/mol. The lowest BCUT2D eigenvalue weighted by molar-refractivity contribution is 0.357. The Morgan fingerprint density at radius 2 is 1.33 bits per heavy atom. The number of hydrogen-bond donors (Lipinski definition) is 0. The Labute approximate surface area is 55.2 Å². The van der Waals surface area contributed by atoms with Crippen molar-refractivity contribution >= 4 is 46.7 Å². The van der Waals surface area contributed by atoms with Gasteiger partial charge in [0.25, 0.3) is 0 Å². The van der Waals surface area contributed by atoms with Gasteiger partial charge in [0.15, 0.2) is 0 Å². The topological polar surface area (TPSA) is 9.23 Å². The Kier molecular flexibility index (Phi) is 2.89. The van der Waals surface area contributed by atoms with Crippen LogP contribution in [-0.2, 0) is 4.29 Å². The molecule has 1 nitrogen and oxygen atoms in total. The number of alkyl halides is 3. The molecule has 0 aliphatic heterocycles. The molecule has 0 aromatic heterocycles. The van der Waals surface area contributed by atoms with Gasteiger partial charge in [-0.2, -0.15) is 0 Å². The van der Waals surface area contributed by atoms with Crippen LogP contribution in [0.5, 0.6) is 0 Å². The van der Waals surface area contributed by atoms with E-state index in [1.807, 2.05) is 0 Å². The van der Waals surface area contributed by atoms with Crippen molar-refractivity contribution in [1.82, 2.24) is 0 Å². The van der Waals surface area contributed by atoms with Crippen molar-refractivity contribution in [2.45, 2.75) is 3.98 Å². The predicted octanol–water partition coefficient (Wildman–Crippen LogP) is 2.48. The van der Waals surface area contributed by atoms with Crippen molar-refractivity contribution in [1.29, 1.82) is 0 Å². The molecule has 6 heavy (non-hydrogen) atoms. The van der Waals surface area contributed by atoms with Crippen molar-refractivity contribution in [3.05, 3.63) is 0 Å². The Balaban J connectivity index is 3.17. The molecule has 5 heteroatoms. The van der Waals surface area contributed by atoms with Gasteiger partial charge in [-0.05, 0) is 0 Å². The van der Waals surface area contributed by atoms with Gasteiger partial charge in [-0.25, -0.2) is 4.29 Å². The fourth-order valence-electron chi connectivity index (χ4n) is 0. The lowest BCUT2D eigenvalue weighted by atomic mass is 11.7. The van der Waals surface area contributed by atoms with Crippen LogP contribution < -0.4 is 0 Å². The third-order valence-electron chi connectivity index (χ3n) is 0.0875. The van der Waals surface area contributed by atoms with Crippen LogP contribution in [0.25, 0.3) is 0 Å². The number of halogens is 4. The summed E-state index contributed by atoms with van der Waals surface area (Å²) in [5.74, 6) is 0. The summed E-state index contributed by atoms with van der Waals surface area (Å²) in [4.78, 5) is 0. The molecule has 0 unspecified atom stereocenters. The minimum atomic E-state index is -1.78. The molecular weight excluding hydrogens is 170 g/mol. The van der Waals surface area contributed by atoms with E-state index in [0.29, 0.717) is 0 Å². The van der Waals surface area contributed by atoms with Crippen LogP contribution in [0.2, 0.25) is 0 Å². The highest BCUT2D eigenvalue weighted by atomic mass is 35.6. The molecule has 0 aromatic rings. The van der Waals surface area contributed by atoms with Gasteiger partial charge in [-0.3, -0.25) is 0 Å². The SMILES string of the molecule is ClOC(Cl)(Cl)Cl. The van der Waals surface area contributed by atoms with E-state index in [1.54, 1.807) is 0 Å². The van der Waals surface area contributed by atoms with Gasteiger partial charge >= 0.3 is 3.98 Å². The van der Waals surface area contributed by atoms with E-state index in [2.05, 4.69) is 16.2 Å². The summed E-state index contributed by atoms with van der Waals surface area (Å²) in [5.41, 5.74) is 0. The van der Waals surface area contributed by atoms with Gasteiger partial charge in [0, 0.05) is 0 Å². The predicted molar refractivity (Wildman–Crippen MR) is 27.2 cm³/mol. The fraction of sp³-hybridized carbons (Fsp3) is 1.00. The first-order chi connectivity index (χ1) is 2.56. The smallest absolute Gasteiger partial charge is 0.224 e. The Bertz CT molecular complexity index is 37.3. The van der Waals surface area contributed by atoms with Crippen LogP contribution in [0.4, 0.5) is 0 Å². The van der Waals surface area contributed by atoms with E-state index < -0.39 is 3.98 Å². The van der Waals surface area contributed by atoms with Crippen LogP contribution in [-0.4, -0.2) is 3.98 Å². The lowest BCUT2D eigenvalue weighted by Crippen LogP contribution is -1.98. The largest absolute Gasteiger partial charge is 0.313 e. The first kappa shape index (κ1) is 7.12. The monoisotopic (exact) mass is 168 g/mol. The molecule has 0 fully saturated rings. The van der Waals surface area contributed by atoms with E-state index in [9.17, 15) is 0 Å². The molecule has 0 amide bonds. The standard InChI is InChI=1S/CCl4O/c2-1(3,4)6-5. The molecule has 0 aliphatic carbocycles. The lowest BCUT2D eigenvalue weighted by Gasteiger charge is -2.00. The molecule has 0 radical (unpaired) electrons. The molecule has 38 valence electrons. The van der Waals surface area contributed by atoms with E-state index in [1.165, 1.54) is 0 Å². The molecule has 0 atom stereocenters. The van der Waals surface area contributed by atoms with Crippen LogP contribution in [0.3, 0.4) is 0 Å². The normalized spacial score (nSPS) is 12.0. The molecule has 0 aromatic carbocycles. The summed E-state index contributed by atoms with van der Waals surface area (Å²) in [6.45, 7) is 0. The second-order valence-corrected chi connectivity index (χ2v) is 2.85. The molecule has 0 saturated carbocycles. The number of hydrogen-bond acceptors (Lipinski definition) is 1. The van der Waals surface area contributed by atoms with Crippen molar-refractivity contribution in [3.63, 3.8) is 0 Å². The quantitative estimate of drug-likeness (QED) is 0.507. The van der Waals surface area contributed by atoms with E-state index >= 15 is 0 Å². The number of rotatable bonds is 0. The zero-order chi connectivity index (χ0) is 5.21. The molecule has 0 aliphatic rings. The van der Waals surface area contributed by atoms with Gasteiger partial charge in [-0.1, -0.05) is 34.8 Å². The second-order valence-electron chi connectivity index (χ2n) is 0.523. The van der Waals surface area contributed by atoms with Gasteiger partial charge in [0.2, 0.25) is 0 Å². The van der Waals surface area contributed by atoms with Crippen LogP contribution in [0.1, 0.15) is 0 Å². The summed E-state index contributed by atoms with van der Waals surface area (Å²) < 4.78 is 1.93. The van der Waals surface area contributed by atoms with E-state index in [0.717, 1.165) is 0 Å². The Morgan fingerprint density at radius 1 is 1.17 bits per heavy atom. The first-order valence-corrected chi connectivity index (χ1v) is 2.37. The Morgan fingerprint density at radius 3 is 1.33 bits per heavy atom. The molecule has 0 heterocycles. The van der Waals surface area contributed by atoms with Gasteiger partial charge < -0.3 is 0 Å². The van der Waals surface area contributed by atoms with Gasteiger partial charge in [-0.15, -0.1) is 0 Å². The van der Waals surface area contributed by atoms with E-state index in [4.69, 9.17) is 34.8 Å². The van der Waals surface area contributed by atoms with E-state index in [-0.39, 0.29) is 0 Å². The maximum Gasteiger partial charge on any atom is 0.313 e. The van der Waals surface area contributed by atoms with Crippen molar-refractivity contribution < 1.29 is 4.29 Å². The summed E-state index contributed by atoms with van der Waals surface area (Å²) in [5, 5.41) is 0. The van der Waals surface area contributed by atoms with Gasteiger partial charge in [0.1, 0.15) is 0 Å². The molecule has 0 bridgehead atoms. The minimum absolute atomic E-state index is 1.78. The summed E-state index contributed by atoms with van der Waals surface area (Å²) >= 11 is 19.3. The maximum atomic E-state index is 4.89. The third kappa shape index (κ3) is 5.12. The zero-order valence-corrected chi connectivity index (χ0v) is 5.44. The first-order valence-electron chi connectivity index (χ1n) is 0.925. The Hall–Kier alpha value is 1.12. The molecule has 0 rings (SSSR count). The van der Waals surface area contributed by atoms with Gasteiger partial charge in [0.05, 0.1) is 11.9 Å². The molecule has 0 spiro atoms. The highest BCUT2D eigenvalue weighted by Gasteiger charge is 2.18. The molecular formula is CCl4O. The van der Waals surface area contributed by atoms with Crippen LogP contribution in [0.15, 0.2) is 0 Å². The summed E-state index contributed by atoms with van der Waals surface area (Å²) in [7, 11) is 0. The highest BCUT2D eigenvalue weighted by Crippen LogP contribution is 2.28. The highest BCUT2D eigenvalue weighted by molar-refractivity contribution is 6.67. The summed E-state index contributed by atoms with van der Waals surface area (Å²) in [6, 6.07) is 0. The van der Waals surface area contributed by atoms with Crippen molar-refractivity contribution in [2.24, 2.45) is 0 Å². The minimum Gasteiger partial charge on any atom is -0.224 e. The van der Waals surface area contributed by atoms with Crippen LogP contribution in [0, 0.1) is 0 Å². The fourth-order valence-corrected chi connectivity index (χ4v) is 0. The average Bonchev–Trinajstić information content (AvgIpc) is 1.35. The summed E-state index contributed by atoms with van der Waals surface area (Å²) in [6.07, 6.45) is 0. The third-order valence-corrected chi connectivity index (χ3v) is 0.787. The zero-order valence-electron chi connectivity index (χ0n) is 2.42. The van der Waals surface area contributed by atoms with Crippen LogP contribution >= 0.6 is 46.7 Å². The maximum absolute atomic E-state index is 4.89.